The fourth-order valence-electron chi connectivity index (χ4n) is 3.81. The largest absolute Gasteiger partial charge is 0.306 e. The van der Waals surface area contributed by atoms with Crippen LogP contribution in [0, 0.1) is 5.92 Å². The summed E-state index contributed by atoms with van der Waals surface area (Å²) in [7, 11) is 0. The quantitative estimate of drug-likeness (QED) is 0.675. The minimum absolute atomic E-state index is 0.0712. The van der Waals surface area contributed by atoms with Crippen LogP contribution in [0.15, 0.2) is 61.1 Å². The van der Waals surface area contributed by atoms with Gasteiger partial charge in [0.1, 0.15) is 0 Å². The number of benzene rings is 1. The number of fused-ring (bicyclic) bond motifs is 1. The first-order chi connectivity index (χ1) is 12.6. The summed E-state index contributed by atoms with van der Waals surface area (Å²) in [6, 6.07) is 15.9. The summed E-state index contributed by atoms with van der Waals surface area (Å²) < 4.78 is 30.8. The van der Waals surface area contributed by atoms with Gasteiger partial charge in [-0.3, -0.25) is 4.90 Å². The molecule has 4 rings (SSSR count). The molecule has 0 saturated carbocycles. The van der Waals surface area contributed by atoms with Crippen molar-refractivity contribution in [2.45, 2.75) is 31.7 Å². The smallest absolute Gasteiger partial charge is 0.253 e. The molecule has 1 fully saturated rings. The van der Waals surface area contributed by atoms with Crippen molar-refractivity contribution in [1.29, 1.82) is 0 Å². The highest BCUT2D eigenvalue weighted by molar-refractivity contribution is 5.51. The van der Waals surface area contributed by atoms with E-state index >= 15 is 0 Å². The molecule has 5 heteroatoms. The molecule has 0 radical (unpaired) electrons. The molecule has 2 aromatic heterocycles. The Kier molecular flexibility index (Phi) is 4.72. The van der Waals surface area contributed by atoms with E-state index in [1.807, 2.05) is 59.1 Å². The Bertz CT molecular complexity index is 860. The average molecular weight is 355 g/mol. The molecule has 1 aliphatic heterocycles. The molecule has 0 aliphatic carbocycles. The third-order valence-corrected chi connectivity index (χ3v) is 5.36. The van der Waals surface area contributed by atoms with Gasteiger partial charge < -0.3 is 4.40 Å². The maximum atomic E-state index is 14.4. The van der Waals surface area contributed by atoms with Crippen LogP contribution in [0.1, 0.15) is 24.1 Å². The number of hydrogen-bond acceptors (Lipinski definition) is 2. The van der Waals surface area contributed by atoms with Crippen LogP contribution in [-0.2, 0) is 13.0 Å². The van der Waals surface area contributed by atoms with E-state index < -0.39 is 11.8 Å². The second-order valence-electron chi connectivity index (χ2n) is 7.15. The zero-order valence-corrected chi connectivity index (χ0v) is 14.7. The Hall–Kier alpha value is -2.27. The van der Waals surface area contributed by atoms with E-state index in [4.69, 9.17) is 0 Å². The number of rotatable bonds is 5. The van der Waals surface area contributed by atoms with Crippen molar-refractivity contribution in [3.05, 3.63) is 72.3 Å². The Balaban J connectivity index is 1.43. The molecule has 136 valence electrons. The molecule has 0 bridgehead atoms. The molecule has 1 aliphatic rings. The molecule has 0 N–H and O–H groups in total. The van der Waals surface area contributed by atoms with E-state index in [0.29, 0.717) is 32.5 Å². The molecule has 1 atom stereocenters. The van der Waals surface area contributed by atoms with Crippen LogP contribution in [0.4, 0.5) is 8.78 Å². The Labute approximate surface area is 152 Å². The lowest BCUT2D eigenvalue weighted by Gasteiger charge is -2.38. The minimum Gasteiger partial charge on any atom is -0.306 e. The number of hydrogen-bond donors (Lipinski definition) is 0. The number of aromatic nitrogens is 2. The van der Waals surface area contributed by atoms with E-state index in [0.717, 1.165) is 16.8 Å². The van der Waals surface area contributed by atoms with Gasteiger partial charge in [0.25, 0.3) is 5.92 Å². The Morgan fingerprint density at radius 1 is 1.08 bits per heavy atom. The van der Waals surface area contributed by atoms with Crippen molar-refractivity contribution >= 4 is 5.52 Å². The van der Waals surface area contributed by atoms with Gasteiger partial charge in [0, 0.05) is 38.2 Å². The molecule has 1 aromatic carbocycles. The third kappa shape index (κ3) is 3.63. The van der Waals surface area contributed by atoms with Crippen LogP contribution >= 0.6 is 0 Å². The van der Waals surface area contributed by atoms with E-state index in [2.05, 4.69) is 9.88 Å². The highest BCUT2D eigenvalue weighted by atomic mass is 19.3. The SMILES string of the molecule is FC1(F)CCN(Cc2ncn3ccccc23)CC1CCc1ccccc1. The molecule has 1 unspecified atom stereocenters. The zero-order valence-electron chi connectivity index (χ0n) is 14.7. The topological polar surface area (TPSA) is 20.5 Å². The molecule has 3 aromatic rings. The fourth-order valence-corrected chi connectivity index (χ4v) is 3.81. The second-order valence-corrected chi connectivity index (χ2v) is 7.15. The molecule has 1 saturated heterocycles. The first-order valence-corrected chi connectivity index (χ1v) is 9.16. The van der Waals surface area contributed by atoms with Gasteiger partial charge in [-0.2, -0.15) is 0 Å². The second kappa shape index (κ2) is 7.16. The van der Waals surface area contributed by atoms with Crippen LogP contribution in [-0.4, -0.2) is 33.3 Å². The third-order valence-electron chi connectivity index (χ3n) is 5.36. The monoisotopic (exact) mass is 355 g/mol. The van der Waals surface area contributed by atoms with Crippen molar-refractivity contribution in [3.8, 4) is 0 Å². The standard InChI is InChI=1S/C21H23F2N3/c22-21(23)11-13-25(14-18(21)10-9-17-6-2-1-3-7-17)15-19-20-8-4-5-12-26(20)16-24-19/h1-8,12,16,18H,9-11,13-15H2. The summed E-state index contributed by atoms with van der Waals surface area (Å²) in [5.74, 6) is -3.19. The average Bonchev–Trinajstić information content (AvgIpc) is 3.06. The molecule has 26 heavy (non-hydrogen) atoms. The number of halogens is 2. The first-order valence-electron chi connectivity index (χ1n) is 9.16. The lowest BCUT2D eigenvalue weighted by Crippen LogP contribution is -2.46. The molecule has 3 heterocycles. The number of pyridine rings is 1. The van der Waals surface area contributed by atoms with Gasteiger partial charge in [-0.25, -0.2) is 13.8 Å². The first kappa shape index (κ1) is 17.2. The van der Waals surface area contributed by atoms with Crippen molar-refractivity contribution in [2.75, 3.05) is 13.1 Å². The van der Waals surface area contributed by atoms with Crippen LogP contribution in [0.5, 0.6) is 0 Å². The summed E-state index contributed by atoms with van der Waals surface area (Å²) in [5, 5.41) is 0. The number of aryl methyl sites for hydroxylation is 1. The lowest BCUT2D eigenvalue weighted by molar-refractivity contribution is -0.109. The molecule has 0 spiro atoms. The highest BCUT2D eigenvalue weighted by Crippen LogP contribution is 2.36. The zero-order chi connectivity index (χ0) is 18.0. The lowest BCUT2D eigenvalue weighted by atomic mass is 9.88. The molecule has 0 amide bonds. The predicted molar refractivity (Wildman–Crippen MR) is 98.3 cm³/mol. The van der Waals surface area contributed by atoms with E-state index in [-0.39, 0.29) is 6.42 Å². The van der Waals surface area contributed by atoms with Crippen molar-refractivity contribution in [3.63, 3.8) is 0 Å². The number of alkyl halides is 2. The predicted octanol–water partition coefficient (Wildman–Crippen LogP) is 4.42. The number of piperidine rings is 1. The van der Waals surface area contributed by atoms with E-state index in [1.54, 1.807) is 6.33 Å². The van der Waals surface area contributed by atoms with Gasteiger partial charge in [0.2, 0.25) is 0 Å². The summed E-state index contributed by atoms with van der Waals surface area (Å²) >= 11 is 0. The van der Waals surface area contributed by atoms with Gasteiger partial charge in [-0.15, -0.1) is 0 Å². The van der Waals surface area contributed by atoms with Crippen LogP contribution in [0.25, 0.3) is 5.52 Å². The molecular formula is C21H23F2N3. The Morgan fingerprint density at radius 2 is 1.88 bits per heavy atom. The van der Waals surface area contributed by atoms with Crippen molar-refractivity contribution < 1.29 is 8.78 Å². The van der Waals surface area contributed by atoms with Crippen LogP contribution in [0.3, 0.4) is 0 Å². The van der Waals surface area contributed by atoms with Crippen molar-refractivity contribution in [2.24, 2.45) is 5.92 Å². The van der Waals surface area contributed by atoms with Gasteiger partial charge in [0.05, 0.1) is 17.5 Å². The maximum absolute atomic E-state index is 14.4. The highest BCUT2D eigenvalue weighted by Gasteiger charge is 2.43. The number of imidazole rings is 1. The molecule has 3 nitrogen and oxygen atoms in total. The van der Waals surface area contributed by atoms with Crippen LogP contribution < -0.4 is 0 Å². The van der Waals surface area contributed by atoms with Gasteiger partial charge in [0.15, 0.2) is 0 Å². The molecular weight excluding hydrogens is 332 g/mol. The number of nitrogens with zero attached hydrogens (tertiary/aromatic N) is 3. The van der Waals surface area contributed by atoms with Gasteiger partial charge in [-0.1, -0.05) is 36.4 Å². The van der Waals surface area contributed by atoms with E-state index in [1.165, 1.54) is 0 Å². The summed E-state index contributed by atoms with van der Waals surface area (Å²) in [6.07, 6.45) is 4.88. The summed E-state index contributed by atoms with van der Waals surface area (Å²) in [4.78, 5) is 6.61. The van der Waals surface area contributed by atoms with Gasteiger partial charge >= 0.3 is 0 Å². The van der Waals surface area contributed by atoms with Crippen LogP contribution in [0.2, 0.25) is 0 Å². The maximum Gasteiger partial charge on any atom is 0.253 e. The van der Waals surface area contributed by atoms with E-state index in [9.17, 15) is 8.78 Å². The summed E-state index contributed by atoms with van der Waals surface area (Å²) in [6.45, 7) is 1.46. The Morgan fingerprint density at radius 3 is 2.73 bits per heavy atom. The minimum atomic E-state index is -2.58. The normalized spacial score (nSPS) is 20.5. The van der Waals surface area contributed by atoms with Crippen molar-refractivity contribution in [1.82, 2.24) is 14.3 Å². The number of likely N-dealkylation sites (tertiary alicyclic amines) is 1. The summed E-state index contributed by atoms with van der Waals surface area (Å²) in [5.41, 5.74) is 3.13. The van der Waals surface area contributed by atoms with Gasteiger partial charge in [-0.05, 0) is 30.5 Å². The fraction of sp³-hybridized carbons (Fsp3) is 0.381.